The summed E-state index contributed by atoms with van der Waals surface area (Å²) < 4.78 is 26.5. The van der Waals surface area contributed by atoms with Crippen molar-refractivity contribution >= 4 is 38.3 Å². The lowest BCUT2D eigenvalue weighted by molar-refractivity contribution is -0.121. The van der Waals surface area contributed by atoms with Crippen LogP contribution >= 0.6 is 0 Å². The Labute approximate surface area is 205 Å². The van der Waals surface area contributed by atoms with Gasteiger partial charge in [0.25, 0.3) is 5.91 Å². The van der Waals surface area contributed by atoms with E-state index in [9.17, 15) is 18.0 Å². The summed E-state index contributed by atoms with van der Waals surface area (Å²) >= 11 is 0. The minimum absolute atomic E-state index is 0.0236. The van der Waals surface area contributed by atoms with Gasteiger partial charge in [0.05, 0.1) is 16.9 Å². The molecule has 0 unspecified atom stereocenters. The van der Waals surface area contributed by atoms with Gasteiger partial charge in [-0.05, 0) is 53.8 Å². The Bertz CT molecular complexity index is 1340. The van der Waals surface area contributed by atoms with E-state index >= 15 is 0 Å². The van der Waals surface area contributed by atoms with Crippen LogP contribution in [-0.2, 0) is 21.2 Å². The predicted molar refractivity (Wildman–Crippen MR) is 137 cm³/mol. The van der Waals surface area contributed by atoms with E-state index < -0.39 is 15.9 Å². The van der Waals surface area contributed by atoms with E-state index in [2.05, 4.69) is 15.8 Å². The largest absolute Gasteiger partial charge is 0.371 e. The summed E-state index contributed by atoms with van der Waals surface area (Å²) in [7, 11) is -0.835. The lowest BCUT2D eigenvalue weighted by Gasteiger charge is -2.30. The summed E-state index contributed by atoms with van der Waals surface area (Å²) in [4.78, 5) is 27.9. The lowest BCUT2D eigenvalue weighted by atomic mass is 10.0. The molecule has 3 aromatic carbocycles. The Kier molecular flexibility index (Phi) is 7.37. The maximum Gasteiger partial charge on any atom is 0.271 e. The third kappa shape index (κ3) is 5.47. The van der Waals surface area contributed by atoms with Crippen LogP contribution in [0.1, 0.15) is 35.2 Å². The summed E-state index contributed by atoms with van der Waals surface area (Å²) in [6.07, 6.45) is 3.21. The molecule has 8 nitrogen and oxygen atoms in total. The fourth-order valence-corrected chi connectivity index (χ4v) is 5.26. The van der Waals surface area contributed by atoms with Crippen LogP contribution in [0.3, 0.4) is 0 Å². The first-order chi connectivity index (χ1) is 16.8. The maximum absolute atomic E-state index is 13.2. The molecule has 3 aromatic rings. The van der Waals surface area contributed by atoms with Gasteiger partial charge in [-0.25, -0.2) is 12.7 Å². The molecule has 2 amide bonds. The molecule has 9 heteroatoms. The normalized spacial score (nSPS) is 14.2. The van der Waals surface area contributed by atoms with Gasteiger partial charge >= 0.3 is 0 Å². The van der Waals surface area contributed by atoms with Gasteiger partial charge in [-0.3, -0.25) is 20.4 Å². The summed E-state index contributed by atoms with van der Waals surface area (Å²) in [5, 5.41) is 2.01. The van der Waals surface area contributed by atoms with E-state index in [0.29, 0.717) is 5.69 Å². The monoisotopic (exact) mass is 494 g/mol. The summed E-state index contributed by atoms with van der Waals surface area (Å²) in [6, 6.07) is 18.1. The molecule has 1 aliphatic rings. The number of anilines is 1. The first kappa shape index (κ1) is 24.7. The van der Waals surface area contributed by atoms with Crippen LogP contribution in [0.15, 0.2) is 65.6 Å². The molecule has 1 heterocycles. The fourth-order valence-electron chi connectivity index (χ4n) is 4.34. The second-order valence-corrected chi connectivity index (χ2v) is 11.0. The third-order valence-electron chi connectivity index (χ3n) is 6.23. The smallest absolute Gasteiger partial charge is 0.271 e. The number of amides is 2. The second kappa shape index (κ2) is 10.5. The molecular formula is C26H30N4O4S. The van der Waals surface area contributed by atoms with E-state index in [-0.39, 0.29) is 22.8 Å². The summed E-state index contributed by atoms with van der Waals surface area (Å²) in [6.45, 7) is 1.57. The number of nitrogens with one attached hydrogen (secondary N) is 2. The zero-order valence-corrected chi connectivity index (χ0v) is 20.8. The molecule has 0 aromatic heterocycles. The number of carbonyl (C=O) groups is 2. The number of rotatable bonds is 6. The topological polar surface area (TPSA) is 98.8 Å². The highest BCUT2D eigenvalue weighted by molar-refractivity contribution is 7.89. The molecule has 0 aliphatic carbocycles. The molecule has 0 radical (unpaired) electrons. The van der Waals surface area contributed by atoms with Crippen LogP contribution in [0, 0.1) is 0 Å². The number of hydrogen-bond acceptors (Lipinski definition) is 5. The van der Waals surface area contributed by atoms with Gasteiger partial charge in [-0.2, -0.15) is 0 Å². The van der Waals surface area contributed by atoms with Crippen molar-refractivity contribution in [3.8, 4) is 0 Å². The highest BCUT2D eigenvalue weighted by Gasteiger charge is 2.24. The van der Waals surface area contributed by atoms with E-state index in [4.69, 9.17) is 0 Å². The number of piperidine rings is 1. The van der Waals surface area contributed by atoms with Gasteiger partial charge in [0.1, 0.15) is 0 Å². The quantitative estimate of drug-likeness (QED) is 0.513. The first-order valence-electron chi connectivity index (χ1n) is 11.6. The molecule has 1 saturated heterocycles. The van der Waals surface area contributed by atoms with Crippen LogP contribution < -0.4 is 15.8 Å². The van der Waals surface area contributed by atoms with Crippen molar-refractivity contribution in [3.05, 3.63) is 71.8 Å². The Morgan fingerprint density at radius 2 is 1.63 bits per heavy atom. The fraction of sp³-hybridized carbons (Fsp3) is 0.308. The highest BCUT2D eigenvalue weighted by atomic mass is 32.2. The number of sulfonamides is 1. The molecule has 1 aliphatic heterocycles. The minimum atomic E-state index is -3.73. The van der Waals surface area contributed by atoms with E-state index in [1.165, 1.54) is 26.2 Å². The number of hydrogen-bond donors (Lipinski definition) is 2. The molecule has 0 saturated carbocycles. The van der Waals surface area contributed by atoms with Gasteiger partial charge in [-0.1, -0.05) is 42.5 Å². The van der Waals surface area contributed by atoms with E-state index in [1.54, 1.807) is 6.07 Å². The Morgan fingerprint density at radius 3 is 2.37 bits per heavy atom. The van der Waals surface area contributed by atoms with Gasteiger partial charge in [0.2, 0.25) is 15.9 Å². The molecule has 4 rings (SSSR count). The number of benzene rings is 3. The number of hydrazine groups is 1. The molecular weight excluding hydrogens is 464 g/mol. The lowest BCUT2D eigenvalue weighted by Crippen LogP contribution is -2.43. The van der Waals surface area contributed by atoms with Crippen LogP contribution in [0.2, 0.25) is 0 Å². The molecule has 35 heavy (non-hydrogen) atoms. The van der Waals surface area contributed by atoms with Crippen molar-refractivity contribution in [2.45, 2.75) is 30.6 Å². The third-order valence-corrected chi connectivity index (χ3v) is 8.05. The second-order valence-electron chi connectivity index (χ2n) is 8.83. The Morgan fingerprint density at radius 1 is 0.914 bits per heavy atom. The van der Waals surface area contributed by atoms with Crippen LogP contribution in [0.25, 0.3) is 10.8 Å². The molecule has 0 spiro atoms. The molecule has 2 N–H and O–H groups in total. The molecule has 0 atom stereocenters. The van der Waals surface area contributed by atoms with Crippen LogP contribution in [0.5, 0.6) is 0 Å². The van der Waals surface area contributed by atoms with Gasteiger partial charge < -0.3 is 4.90 Å². The van der Waals surface area contributed by atoms with Gasteiger partial charge in [0, 0.05) is 32.9 Å². The SMILES string of the molecule is CN(C)S(=O)(=O)c1ccc(N2CCCCC2)c(C(=O)NNC(=O)Cc2cccc3ccccc23)c1. The summed E-state index contributed by atoms with van der Waals surface area (Å²) in [5.74, 6) is -0.932. The Balaban J connectivity index is 1.54. The van der Waals surface area contributed by atoms with Gasteiger partial charge in [0.15, 0.2) is 0 Å². The standard InChI is InChI=1S/C26H30N4O4S/c1-29(2)35(33,34)21-13-14-24(30-15-6-3-7-16-30)23(18-21)26(32)28-27-25(31)17-20-11-8-10-19-9-4-5-12-22(19)20/h4-5,8-14,18H,3,6-7,15-17H2,1-2H3,(H,27,31)(H,28,32). The minimum Gasteiger partial charge on any atom is -0.371 e. The molecule has 0 bridgehead atoms. The van der Waals surface area contributed by atoms with Crippen molar-refractivity contribution in [1.29, 1.82) is 0 Å². The zero-order chi connectivity index (χ0) is 25.0. The van der Waals surface area contributed by atoms with Crippen molar-refractivity contribution in [2.24, 2.45) is 0 Å². The van der Waals surface area contributed by atoms with Crippen LogP contribution in [-0.4, -0.2) is 51.7 Å². The van der Waals surface area contributed by atoms with Crippen molar-refractivity contribution in [3.63, 3.8) is 0 Å². The van der Waals surface area contributed by atoms with Crippen molar-refractivity contribution < 1.29 is 18.0 Å². The number of nitrogens with zero attached hydrogens (tertiary/aromatic N) is 2. The predicted octanol–water partition coefficient (Wildman–Crippen LogP) is 3.08. The van der Waals surface area contributed by atoms with Gasteiger partial charge in [-0.15, -0.1) is 0 Å². The number of carbonyl (C=O) groups excluding carboxylic acids is 2. The van der Waals surface area contributed by atoms with E-state index in [0.717, 1.165) is 53.0 Å². The average molecular weight is 495 g/mol. The zero-order valence-electron chi connectivity index (χ0n) is 20.0. The molecule has 184 valence electrons. The van der Waals surface area contributed by atoms with E-state index in [1.807, 2.05) is 42.5 Å². The Hall–Kier alpha value is -3.43. The highest BCUT2D eigenvalue weighted by Crippen LogP contribution is 2.28. The van der Waals surface area contributed by atoms with Crippen molar-refractivity contribution in [2.75, 3.05) is 32.1 Å². The van der Waals surface area contributed by atoms with Crippen LogP contribution in [0.4, 0.5) is 5.69 Å². The molecule has 1 fully saturated rings. The van der Waals surface area contributed by atoms with Crippen molar-refractivity contribution in [1.82, 2.24) is 15.2 Å². The summed E-state index contributed by atoms with van der Waals surface area (Å²) in [5.41, 5.74) is 6.68. The first-order valence-corrected chi connectivity index (χ1v) is 13.1. The average Bonchev–Trinajstić information content (AvgIpc) is 2.87. The number of fused-ring (bicyclic) bond motifs is 1. The maximum atomic E-state index is 13.2.